The summed E-state index contributed by atoms with van der Waals surface area (Å²) in [7, 11) is 0. The van der Waals surface area contributed by atoms with Crippen LogP contribution in [-0.4, -0.2) is 37.3 Å². The van der Waals surface area contributed by atoms with Crippen molar-refractivity contribution in [1.82, 2.24) is 10.6 Å². The summed E-state index contributed by atoms with van der Waals surface area (Å²) in [5.74, 6) is 0.181. The Morgan fingerprint density at radius 3 is 2.72 bits per heavy atom. The third kappa shape index (κ3) is 3.95. The average molecular weight is 256 g/mol. The first-order valence-corrected chi connectivity index (χ1v) is 7.06. The maximum absolute atomic E-state index is 12.4. The highest BCUT2D eigenvalue weighted by molar-refractivity contribution is 5.83. The highest BCUT2D eigenvalue weighted by atomic mass is 16.3. The molecule has 0 radical (unpaired) electrons. The Morgan fingerprint density at radius 1 is 1.50 bits per heavy atom. The van der Waals surface area contributed by atoms with Gasteiger partial charge in [-0.1, -0.05) is 27.2 Å². The van der Waals surface area contributed by atoms with E-state index < -0.39 is 0 Å². The molecule has 1 unspecified atom stereocenters. The second kappa shape index (κ2) is 6.53. The minimum absolute atomic E-state index is 0.0378. The van der Waals surface area contributed by atoms with Crippen LogP contribution in [0.4, 0.5) is 0 Å². The van der Waals surface area contributed by atoms with Gasteiger partial charge in [0.05, 0.1) is 5.41 Å². The highest BCUT2D eigenvalue weighted by Crippen LogP contribution is 2.31. The van der Waals surface area contributed by atoms with E-state index in [9.17, 15) is 4.79 Å². The van der Waals surface area contributed by atoms with Gasteiger partial charge in [-0.05, 0) is 31.2 Å². The third-order valence-corrected chi connectivity index (χ3v) is 3.97. The van der Waals surface area contributed by atoms with E-state index in [0.29, 0.717) is 13.0 Å². The largest absolute Gasteiger partial charge is 0.396 e. The maximum atomic E-state index is 12.4. The SMILES string of the molecule is CCCC1(C(=O)NCC(C)(C)CCO)CCNC1. The molecule has 1 aliphatic heterocycles. The zero-order chi connectivity index (χ0) is 13.6. The van der Waals surface area contributed by atoms with Gasteiger partial charge in [-0.3, -0.25) is 4.79 Å². The first kappa shape index (κ1) is 15.4. The van der Waals surface area contributed by atoms with E-state index in [-0.39, 0.29) is 23.3 Å². The number of rotatable bonds is 7. The maximum Gasteiger partial charge on any atom is 0.227 e. The van der Waals surface area contributed by atoms with Crippen molar-refractivity contribution in [2.45, 2.75) is 46.5 Å². The Hall–Kier alpha value is -0.610. The van der Waals surface area contributed by atoms with Crippen LogP contribution in [0.3, 0.4) is 0 Å². The first-order chi connectivity index (χ1) is 8.46. The van der Waals surface area contributed by atoms with Crippen molar-refractivity contribution in [2.24, 2.45) is 10.8 Å². The smallest absolute Gasteiger partial charge is 0.227 e. The van der Waals surface area contributed by atoms with Crippen LogP contribution in [0.5, 0.6) is 0 Å². The number of amides is 1. The fraction of sp³-hybridized carbons (Fsp3) is 0.929. The molecule has 1 fully saturated rings. The molecule has 0 spiro atoms. The van der Waals surface area contributed by atoms with E-state index in [0.717, 1.165) is 32.4 Å². The predicted octanol–water partition coefficient (Wildman–Crippen LogP) is 1.29. The molecule has 0 aliphatic carbocycles. The van der Waals surface area contributed by atoms with Crippen LogP contribution in [0, 0.1) is 10.8 Å². The average Bonchev–Trinajstić information content (AvgIpc) is 2.76. The molecule has 1 rings (SSSR count). The van der Waals surface area contributed by atoms with Gasteiger partial charge in [-0.25, -0.2) is 0 Å². The van der Waals surface area contributed by atoms with Crippen molar-refractivity contribution in [3.05, 3.63) is 0 Å². The van der Waals surface area contributed by atoms with Gasteiger partial charge in [0, 0.05) is 19.7 Å². The molecule has 1 saturated heterocycles. The minimum atomic E-state index is -0.204. The molecule has 1 aliphatic rings. The lowest BCUT2D eigenvalue weighted by atomic mass is 9.81. The molecular weight excluding hydrogens is 228 g/mol. The fourth-order valence-corrected chi connectivity index (χ4v) is 2.64. The van der Waals surface area contributed by atoms with Gasteiger partial charge in [0.15, 0.2) is 0 Å². The number of hydrogen-bond donors (Lipinski definition) is 3. The number of aliphatic hydroxyl groups is 1. The summed E-state index contributed by atoms with van der Waals surface area (Å²) < 4.78 is 0. The van der Waals surface area contributed by atoms with Crippen LogP contribution < -0.4 is 10.6 Å². The highest BCUT2D eigenvalue weighted by Gasteiger charge is 2.40. The van der Waals surface area contributed by atoms with Crippen molar-refractivity contribution in [2.75, 3.05) is 26.2 Å². The molecule has 1 heterocycles. The summed E-state index contributed by atoms with van der Waals surface area (Å²) in [5, 5.41) is 15.4. The van der Waals surface area contributed by atoms with E-state index in [1.165, 1.54) is 0 Å². The van der Waals surface area contributed by atoms with E-state index in [1.54, 1.807) is 0 Å². The molecule has 0 aromatic carbocycles. The molecule has 1 amide bonds. The van der Waals surface area contributed by atoms with Gasteiger partial charge in [-0.15, -0.1) is 0 Å². The van der Waals surface area contributed by atoms with Crippen molar-refractivity contribution >= 4 is 5.91 Å². The molecule has 18 heavy (non-hydrogen) atoms. The summed E-state index contributed by atoms with van der Waals surface area (Å²) in [6, 6.07) is 0. The number of carbonyl (C=O) groups excluding carboxylic acids is 1. The van der Waals surface area contributed by atoms with Crippen LogP contribution in [-0.2, 0) is 4.79 Å². The number of hydrogen-bond acceptors (Lipinski definition) is 3. The first-order valence-electron chi connectivity index (χ1n) is 7.06. The molecular formula is C14H28N2O2. The van der Waals surface area contributed by atoms with Crippen molar-refractivity contribution < 1.29 is 9.90 Å². The van der Waals surface area contributed by atoms with E-state index in [4.69, 9.17) is 5.11 Å². The second-order valence-corrected chi connectivity index (χ2v) is 6.28. The number of aliphatic hydroxyl groups excluding tert-OH is 1. The molecule has 0 aromatic rings. The van der Waals surface area contributed by atoms with Crippen LogP contribution in [0.25, 0.3) is 0 Å². The molecule has 3 N–H and O–H groups in total. The summed E-state index contributed by atoms with van der Waals surface area (Å²) in [5.41, 5.74) is -0.242. The Morgan fingerprint density at radius 2 is 2.22 bits per heavy atom. The van der Waals surface area contributed by atoms with Gasteiger partial charge >= 0.3 is 0 Å². The zero-order valence-corrected chi connectivity index (χ0v) is 12.0. The minimum Gasteiger partial charge on any atom is -0.396 e. The third-order valence-electron chi connectivity index (χ3n) is 3.97. The van der Waals surface area contributed by atoms with E-state index in [2.05, 4.69) is 31.4 Å². The number of nitrogens with one attached hydrogen (secondary N) is 2. The van der Waals surface area contributed by atoms with Crippen LogP contribution in [0.1, 0.15) is 46.5 Å². The van der Waals surface area contributed by atoms with Crippen LogP contribution >= 0.6 is 0 Å². The lowest BCUT2D eigenvalue weighted by molar-refractivity contribution is -0.131. The van der Waals surface area contributed by atoms with Crippen molar-refractivity contribution in [3.63, 3.8) is 0 Å². The predicted molar refractivity (Wildman–Crippen MR) is 73.3 cm³/mol. The van der Waals surface area contributed by atoms with Crippen molar-refractivity contribution in [1.29, 1.82) is 0 Å². The Balaban J connectivity index is 2.52. The monoisotopic (exact) mass is 256 g/mol. The lowest BCUT2D eigenvalue weighted by Crippen LogP contribution is -2.45. The Labute approximate surface area is 111 Å². The van der Waals surface area contributed by atoms with E-state index in [1.807, 2.05) is 0 Å². The molecule has 106 valence electrons. The Bertz CT molecular complexity index is 271. The summed E-state index contributed by atoms with van der Waals surface area (Å²) in [4.78, 5) is 12.4. The molecule has 1 atom stereocenters. The zero-order valence-electron chi connectivity index (χ0n) is 12.0. The summed E-state index contributed by atoms with van der Waals surface area (Å²) in [6.07, 6.45) is 3.64. The van der Waals surface area contributed by atoms with Crippen LogP contribution in [0.15, 0.2) is 0 Å². The number of carbonyl (C=O) groups is 1. The lowest BCUT2D eigenvalue weighted by Gasteiger charge is -2.30. The van der Waals surface area contributed by atoms with Gasteiger partial charge in [0.1, 0.15) is 0 Å². The van der Waals surface area contributed by atoms with Gasteiger partial charge in [0.25, 0.3) is 0 Å². The van der Waals surface area contributed by atoms with Crippen LogP contribution in [0.2, 0.25) is 0 Å². The Kier molecular flexibility index (Phi) is 5.60. The van der Waals surface area contributed by atoms with Gasteiger partial charge in [-0.2, -0.15) is 0 Å². The topological polar surface area (TPSA) is 61.4 Å². The molecule has 0 aromatic heterocycles. The standard InChI is InChI=1S/C14H28N2O2/c1-4-5-14(6-8-15-11-14)12(18)16-10-13(2,3)7-9-17/h15,17H,4-11H2,1-3H3,(H,16,18). The summed E-state index contributed by atoms with van der Waals surface area (Å²) >= 11 is 0. The normalized spacial score (nSPS) is 24.2. The quantitative estimate of drug-likeness (QED) is 0.643. The molecule has 4 heteroatoms. The molecule has 4 nitrogen and oxygen atoms in total. The van der Waals surface area contributed by atoms with Gasteiger partial charge < -0.3 is 15.7 Å². The second-order valence-electron chi connectivity index (χ2n) is 6.28. The molecule has 0 saturated carbocycles. The summed E-state index contributed by atoms with van der Waals surface area (Å²) in [6.45, 7) is 8.82. The van der Waals surface area contributed by atoms with Crippen molar-refractivity contribution in [3.8, 4) is 0 Å². The molecule has 0 bridgehead atoms. The van der Waals surface area contributed by atoms with E-state index >= 15 is 0 Å². The van der Waals surface area contributed by atoms with Gasteiger partial charge in [0.2, 0.25) is 5.91 Å². The fourth-order valence-electron chi connectivity index (χ4n) is 2.64.